The molecule has 1 aliphatic carbocycles. The number of allylic oxidation sites excluding steroid dienone is 4. The molecule has 192 valence electrons. The van der Waals surface area contributed by atoms with Crippen LogP contribution in [-0.4, -0.2) is 14.5 Å². The summed E-state index contributed by atoms with van der Waals surface area (Å²) in [5.74, 6) is 0. The van der Waals surface area contributed by atoms with Crippen molar-refractivity contribution in [2.24, 2.45) is 0 Å². The lowest BCUT2D eigenvalue weighted by molar-refractivity contribution is 0.979. The lowest BCUT2D eigenvalue weighted by Gasteiger charge is -2.23. The SMILES string of the molecule is C=CN(c1cc(-c2cccnc2)cc(-c2cccnc2)c1)c1ccc2c(c1)c1ccccc1n2C1=CC=CCC1. The topological polar surface area (TPSA) is 34.0 Å². The molecule has 0 fully saturated rings. The normalized spacial score (nSPS) is 12.9. The number of para-hydroxylation sites is 1. The third-order valence-electron chi connectivity index (χ3n) is 7.58. The molecular formula is C36H28N4. The van der Waals surface area contributed by atoms with Crippen molar-refractivity contribution in [3.05, 3.63) is 141 Å². The van der Waals surface area contributed by atoms with Gasteiger partial charge in [0, 0.05) is 70.0 Å². The van der Waals surface area contributed by atoms with Crippen LogP contribution < -0.4 is 4.90 Å². The van der Waals surface area contributed by atoms with E-state index in [0.29, 0.717) is 0 Å². The molecule has 3 aromatic carbocycles. The largest absolute Gasteiger partial charge is 0.318 e. The van der Waals surface area contributed by atoms with Crippen molar-refractivity contribution in [1.82, 2.24) is 14.5 Å². The highest BCUT2D eigenvalue weighted by Crippen LogP contribution is 2.39. The van der Waals surface area contributed by atoms with E-state index in [9.17, 15) is 0 Å². The molecule has 0 saturated heterocycles. The number of pyridine rings is 2. The fraction of sp³-hybridized carbons (Fsp3) is 0.0556. The number of anilines is 2. The summed E-state index contributed by atoms with van der Waals surface area (Å²) in [7, 11) is 0. The van der Waals surface area contributed by atoms with Crippen molar-refractivity contribution in [2.45, 2.75) is 12.8 Å². The van der Waals surface area contributed by atoms with Crippen molar-refractivity contribution < 1.29 is 0 Å². The molecule has 0 amide bonds. The molecular weight excluding hydrogens is 488 g/mol. The summed E-state index contributed by atoms with van der Waals surface area (Å²) in [6.45, 7) is 4.22. The van der Waals surface area contributed by atoms with Crippen LogP contribution in [0.5, 0.6) is 0 Å². The Bertz CT molecular complexity index is 1860. The summed E-state index contributed by atoms with van der Waals surface area (Å²) >= 11 is 0. The Hall–Kier alpha value is -5.22. The molecule has 0 atom stereocenters. The van der Waals surface area contributed by atoms with E-state index in [-0.39, 0.29) is 0 Å². The van der Waals surface area contributed by atoms with Gasteiger partial charge in [-0.1, -0.05) is 49.1 Å². The first-order chi connectivity index (χ1) is 19.8. The Labute approximate surface area is 233 Å². The van der Waals surface area contributed by atoms with Crippen LogP contribution in [0.25, 0.3) is 49.8 Å². The van der Waals surface area contributed by atoms with E-state index >= 15 is 0 Å². The molecule has 0 saturated carbocycles. The number of aromatic nitrogens is 3. The van der Waals surface area contributed by atoms with Crippen LogP contribution in [0.3, 0.4) is 0 Å². The highest BCUT2D eigenvalue weighted by molar-refractivity contribution is 6.11. The molecule has 1 aliphatic rings. The Morgan fingerprint density at radius 1 is 0.700 bits per heavy atom. The van der Waals surface area contributed by atoms with Gasteiger partial charge in [0.1, 0.15) is 0 Å². The highest BCUT2D eigenvalue weighted by atomic mass is 15.1. The minimum atomic E-state index is 1.03. The molecule has 6 aromatic rings. The first-order valence-corrected chi connectivity index (χ1v) is 13.6. The van der Waals surface area contributed by atoms with Gasteiger partial charge in [-0.15, -0.1) is 0 Å². The van der Waals surface area contributed by atoms with Gasteiger partial charge in [0.25, 0.3) is 0 Å². The van der Waals surface area contributed by atoms with E-state index in [1.165, 1.54) is 27.5 Å². The summed E-state index contributed by atoms with van der Waals surface area (Å²) in [4.78, 5) is 10.9. The van der Waals surface area contributed by atoms with Gasteiger partial charge in [-0.3, -0.25) is 9.97 Å². The lowest BCUT2D eigenvalue weighted by atomic mass is 9.99. The van der Waals surface area contributed by atoms with Crippen molar-refractivity contribution in [3.63, 3.8) is 0 Å². The molecule has 0 radical (unpaired) electrons. The monoisotopic (exact) mass is 516 g/mol. The second kappa shape index (κ2) is 10.2. The molecule has 4 heteroatoms. The fourth-order valence-electron chi connectivity index (χ4n) is 5.71. The Morgan fingerprint density at radius 3 is 2.08 bits per heavy atom. The van der Waals surface area contributed by atoms with Crippen molar-refractivity contribution >= 4 is 38.9 Å². The second-order valence-corrected chi connectivity index (χ2v) is 9.98. The lowest BCUT2D eigenvalue weighted by Crippen LogP contribution is -2.08. The number of benzene rings is 3. The van der Waals surface area contributed by atoms with Gasteiger partial charge < -0.3 is 9.47 Å². The van der Waals surface area contributed by atoms with E-state index in [4.69, 9.17) is 0 Å². The molecule has 0 spiro atoms. The summed E-state index contributed by atoms with van der Waals surface area (Å²) in [5, 5.41) is 2.48. The van der Waals surface area contributed by atoms with Gasteiger partial charge in [0.15, 0.2) is 0 Å². The van der Waals surface area contributed by atoms with E-state index in [2.05, 4.69) is 117 Å². The number of hydrogen-bond acceptors (Lipinski definition) is 3. The quantitative estimate of drug-likeness (QED) is 0.221. The van der Waals surface area contributed by atoms with Crippen molar-refractivity contribution in [1.29, 1.82) is 0 Å². The van der Waals surface area contributed by atoms with Crippen LogP contribution >= 0.6 is 0 Å². The van der Waals surface area contributed by atoms with E-state index in [1.54, 1.807) is 12.4 Å². The standard InChI is InChI=1S/C36H28N4/c1-2-39(32-21-28(26-10-8-18-37-24-26)20-29(22-32)27-11-9-19-38-25-27)31-16-17-36-34(23-31)33-14-6-7-15-35(33)40(36)30-12-4-3-5-13-30/h2-4,6-12,14-25H,1,5,13H2. The zero-order chi connectivity index (χ0) is 26.9. The summed E-state index contributed by atoms with van der Waals surface area (Å²) in [6, 6.07) is 30.1. The first kappa shape index (κ1) is 23.9. The Balaban J connectivity index is 1.40. The third kappa shape index (κ3) is 4.20. The predicted molar refractivity (Wildman–Crippen MR) is 167 cm³/mol. The third-order valence-corrected chi connectivity index (χ3v) is 7.58. The van der Waals surface area contributed by atoms with Crippen LogP contribution in [0.15, 0.2) is 141 Å². The van der Waals surface area contributed by atoms with Crippen molar-refractivity contribution in [3.8, 4) is 22.3 Å². The molecule has 0 aliphatic heterocycles. The van der Waals surface area contributed by atoms with Gasteiger partial charge in [-0.25, -0.2) is 0 Å². The predicted octanol–water partition coefficient (Wildman–Crippen LogP) is 9.39. The fourth-order valence-corrected chi connectivity index (χ4v) is 5.71. The minimum absolute atomic E-state index is 1.03. The maximum atomic E-state index is 4.36. The van der Waals surface area contributed by atoms with Gasteiger partial charge in [-0.05, 0) is 84.6 Å². The summed E-state index contributed by atoms with van der Waals surface area (Å²) in [5.41, 5.74) is 10.2. The van der Waals surface area contributed by atoms with Gasteiger partial charge in [0.05, 0.1) is 11.0 Å². The second-order valence-electron chi connectivity index (χ2n) is 9.98. The maximum Gasteiger partial charge on any atom is 0.0539 e. The average Bonchev–Trinajstić information content (AvgIpc) is 3.36. The first-order valence-electron chi connectivity index (χ1n) is 13.6. The van der Waals surface area contributed by atoms with Gasteiger partial charge in [0.2, 0.25) is 0 Å². The molecule has 3 heterocycles. The summed E-state index contributed by atoms with van der Waals surface area (Å²) in [6.07, 6.45) is 18.0. The molecule has 0 bridgehead atoms. The molecule has 7 rings (SSSR count). The van der Waals surface area contributed by atoms with E-state index in [0.717, 1.165) is 46.5 Å². The molecule has 3 aromatic heterocycles. The van der Waals surface area contributed by atoms with E-state index < -0.39 is 0 Å². The van der Waals surface area contributed by atoms with Crippen LogP contribution in [0.4, 0.5) is 11.4 Å². The van der Waals surface area contributed by atoms with Crippen LogP contribution in [-0.2, 0) is 0 Å². The van der Waals surface area contributed by atoms with Crippen molar-refractivity contribution in [2.75, 3.05) is 4.90 Å². The smallest absolute Gasteiger partial charge is 0.0539 e. The number of fused-ring (bicyclic) bond motifs is 3. The molecule has 40 heavy (non-hydrogen) atoms. The van der Waals surface area contributed by atoms with Crippen LogP contribution in [0.2, 0.25) is 0 Å². The molecule has 4 nitrogen and oxygen atoms in total. The zero-order valence-corrected chi connectivity index (χ0v) is 22.1. The van der Waals surface area contributed by atoms with Crippen LogP contribution in [0.1, 0.15) is 12.8 Å². The Morgan fingerprint density at radius 2 is 1.43 bits per heavy atom. The molecule has 0 N–H and O–H groups in total. The minimum Gasteiger partial charge on any atom is -0.318 e. The molecule has 0 unspecified atom stereocenters. The van der Waals surface area contributed by atoms with Crippen LogP contribution in [0, 0.1) is 0 Å². The average molecular weight is 517 g/mol. The maximum absolute atomic E-state index is 4.36. The highest BCUT2D eigenvalue weighted by Gasteiger charge is 2.17. The zero-order valence-electron chi connectivity index (χ0n) is 22.1. The Kier molecular flexibility index (Phi) is 6.06. The van der Waals surface area contributed by atoms with Gasteiger partial charge in [-0.2, -0.15) is 0 Å². The van der Waals surface area contributed by atoms with E-state index in [1.807, 2.05) is 30.7 Å². The summed E-state index contributed by atoms with van der Waals surface area (Å²) < 4.78 is 2.42. The van der Waals surface area contributed by atoms with Gasteiger partial charge >= 0.3 is 0 Å². The number of nitrogens with zero attached hydrogens (tertiary/aromatic N) is 4. The number of rotatable bonds is 6. The number of hydrogen-bond donors (Lipinski definition) is 0.